The minimum atomic E-state index is -4.38. The summed E-state index contributed by atoms with van der Waals surface area (Å²) in [6, 6.07) is 8.21. The van der Waals surface area contributed by atoms with Crippen LogP contribution in [0, 0.1) is 0 Å². The number of benzene rings is 1. The molecule has 3 aromatic rings. The summed E-state index contributed by atoms with van der Waals surface area (Å²) in [4.78, 5) is 28.2. The molecule has 8 nitrogen and oxygen atoms in total. The summed E-state index contributed by atoms with van der Waals surface area (Å²) in [6.45, 7) is 1.11. The van der Waals surface area contributed by atoms with E-state index in [1.165, 1.54) is 0 Å². The topological polar surface area (TPSA) is 107 Å². The summed E-state index contributed by atoms with van der Waals surface area (Å²) in [6.07, 6.45) is 1.07. The molecule has 0 radical (unpaired) electrons. The largest absolute Gasteiger partial charge is 0.405 e. The van der Waals surface area contributed by atoms with Crippen molar-refractivity contribution in [3.05, 3.63) is 53.9 Å². The molecule has 1 aromatic carbocycles. The summed E-state index contributed by atoms with van der Waals surface area (Å²) in [5.74, 6) is -0.0557. The van der Waals surface area contributed by atoms with Crippen LogP contribution in [0.15, 0.2) is 53.3 Å². The van der Waals surface area contributed by atoms with Crippen molar-refractivity contribution >= 4 is 40.1 Å². The number of H-pyrrole nitrogens is 1. The molecule has 1 amide bonds. The van der Waals surface area contributed by atoms with Crippen molar-refractivity contribution in [2.24, 2.45) is 4.99 Å². The predicted octanol–water partition coefficient (Wildman–Crippen LogP) is 4.54. The van der Waals surface area contributed by atoms with Crippen LogP contribution in [-0.4, -0.2) is 45.8 Å². The van der Waals surface area contributed by atoms with Crippen LogP contribution in [0.5, 0.6) is 0 Å². The first kappa shape index (κ1) is 22.3. The van der Waals surface area contributed by atoms with Gasteiger partial charge >= 0.3 is 6.18 Å². The number of aliphatic imine (C=N–C) groups is 1. The Morgan fingerprint density at radius 1 is 1.15 bits per heavy atom. The van der Waals surface area contributed by atoms with E-state index in [4.69, 9.17) is 0 Å². The summed E-state index contributed by atoms with van der Waals surface area (Å²) < 4.78 is 37.9. The van der Waals surface area contributed by atoms with E-state index in [1.54, 1.807) is 36.5 Å². The van der Waals surface area contributed by atoms with Gasteiger partial charge in [0.25, 0.3) is 5.91 Å². The molecule has 0 saturated heterocycles. The van der Waals surface area contributed by atoms with Crippen LogP contribution in [0.3, 0.4) is 0 Å². The lowest BCUT2D eigenvalue weighted by Gasteiger charge is -2.12. The van der Waals surface area contributed by atoms with Crippen LogP contribution >= 0.6 is 0 Å². The van der Waals surface area contributed by atoms with E-state index in [1.807, 2.05) is 13.0 Å². The number of hydrogen-bond acceptors (Lipinski definition) is 6. The van der Waals surface area contributed by atoms with Gasteiger partial charge in [-0.15, -0.1) is 0 Å². The van der Waals surface area contributed by atoms with E-state index in [0.29, 0.717) is 28.8 Å². The van der Waals surface area contributed by atoms with Crippen LogP contribution < -0.4 is 16.0 Å². The van der Waals surface area contributed by atoms with E-state index in [2.05, 4.69) is 35.9 Å². The van der Waals surface area contributed by atoms with E-state index in [0.717, 1.165) is 24.3 Å². The number of anilines is 3. The van der Waals surface area contributed by atoms with Gasteiger partial charge in [0, 0.05) is 23.2 Å². The van der Waals surface area contributed by atoms with E-state index in [-0.39, 0.29) is 17.7 Å². The Bertz CT molecular complexity index is 1210. The fourth-order valence-corrected chi connectivity index (χ4v) is 3.33. The minimum Gasteiger partial charge on any atom is -0.360 e. The van der Waals surface area contributed by atoms with Gasteiger partial charge in [-0.1, -0.05) is 6.08 Å². The molecule has 0 spiro atoms. The fourth-order valence-electron chi connectivity index (χ4n) is 3.33. The zero-order valence-electron chi connectivity index (χ0n) is 17.8. The number of fused-ring (bicyclic) bond motifs is 1. The molecule has 0 aliphatic carbocycles. The van der Waals surface area contributed by atoms with Gasteiger partial charge in [-0.2, -0.15) is 23.1 Å². The van der Waals surface area contributed by atoms with Crippen molar-refractivity contribution in [1.29, 1.82) is 0 Å². The monoisotopic (exact) mass is 457 g/mol. The Kier molecular flexibility index (Phi) is 6.29. The number of alkyl halides is 3. The SMILES string of the molecule is CC1=NC(CNC(=O)c2ccc(Nc3nc(NCC(F)(F)F)c4cc[nH]c4n3)cc2)=CCC1. The van der Waals surface area contributed by atoms with E-state index >= 15 is 0 Å². The van der Waals surface area contributed by atoms with Crippen LogP contribution in [0.25, 0.3) is 11.0 Å². The maximum Gasteiger partial charge on any atom is 0.405 e. The maximum absolute atomic E-state index is 12.6. The van der Waals surface area contributed by atoms with Gasteiger partial charge in [0.1, 0.15) is 18.0 Å². The average Bonchev–Trinajstić information content (AvgIpc) is 3.25. The van der Waals surface area contributed by atoms with Crippen LogP contribution in [0.1, 0.15) is 30.1 Å². The van der Waals surface area contributed by atoms with Crippen molar-refractivity contribution in [2.45, 2.75) is 25.9 Å². The average molecular weight is 457 g/mol. The maximum atomic E-state index is 12.6. The molecule has 3 heterocycles. The number of aromatic amines is 1. The van der Waals surface area contributed by atoms with Gasteiger partial charge in [-0.3, -0.25) is 9.79 Å². The molecular weight excluding hydrogens is 435 g/mol. The molecule has 4 N–H and O–H groups in total. The van der Waals surface area contributed by atoms with Crippen molar-refractivity contribution in [2.75, 3.05) is 23.7 Å². The summed E-state index contributed by atoms with van der Waals surface area (Å²) >= 11 is 0. The molecule has 4 rings (SSSR count). The first-order valence-electron chi connectivity index (χ1n) is 10.3. The Morgan fingerprint density at radius 2 is 1.94 bits per heavy atom. The number of amides is 1. The summed E-state index contributed by atoms with van der Waals surface area (Å²) in [7, 11) is 0. The number of carbonyl (C=O) groups is 1. The van der Waals surface area contributed by atoms with Gasteiger partial charge in [-0.25, -0.2) is 0 Å². The first-order valence-corrected chi connectivity index (χ1v) is 10.3. The van der Waals surface area contributed by atoms with E-state index in [9.17, 15) is 18.0 Å². The molecule has 172 valence electrons. The minimum absolute atomic E-state index is 0.0620. The normalized spacial score (nSPS) is 13.9. The third-order valence-electron chi connectivity index (χ3n) is 4.93. The predicted molar refractivity (Wildman–Crippen MR) is 121 cm³/mol. The second-order valence-electron chi connectivity index (χ2n) is 7.57. The number of halogens is 3. The fraction of sp³-hybridized carbons (Fsp3) is 0.273. The van der Waals surface area contributed by atoms with Crippen LogP contribution in [0.2, 0.25) is 0 Å². The molecule has 0 bridgehead atoms. The van der Waals surface area contributed by atoms with Gasteiger partial charge < -0.3 is 20.9 Å². The molecule has 0 atom stereocenters. The summed E-state index contributed by atoms with van der Waals surface area (Å²) in [5.41, 5.74) is 3.33. The Morgan fingerprint density at radius 3 is 2.67 bits per heavy atom. The second kappa shape index (κ2) is 9.31. The smallest absolute Gasteiger partial charge is 0.360 e. The third-order valence-corrected chi connectivity index (χ3v) is 4.93. The highest BCUT2D eigenvalue weighted by molar-refractivity contribution is 5.95. The number of aromatic nitrogens is 3. The molecule has 33 heavy (non-hydrogen) atoms. The van der Waals surface area contributed by atoms with Gasteiger partial charge in [0.05, 0.1) is 17.6 Å². The zero-order chi connectivity index (χ0) is 23.4. The van der Waals surface area contributed by atoms with Crippen molar-refractivity contribution in [3.8, 4) is 0 Å². The lowest BCUT2D eigenvalue weighted by Crippen LogP contribution is -2.25. The summed E-state index contributed by atoms with van der Waals surface area (Å²) in [5, 5.41) is 8.56. The number of nitrogens with zero attached hydrogens (tertiary/aromatic N) is 3. The van der Waals surface area contributed by atoms with Crippen molar-refractivity contribution in [1.82, 2.24) is 20.3 Å². The number of nitrogens with one attached hydrogen (secondary N) is 4. The first-order chi connectivity index (χ1) is 15.8. The van der Waals surface area contributed by atoms with Crippen molar-refractivity contribution in [3.63, 3.8) is 0 Å². The lowest BCUT2D eigenvalue weighted by atomic mass is 10.1. The molecule has 0 unspecified atom stereocenters. The standard InChI is InChI=1S/C22H22F3N7O/c1-13-3-2-4-16(29-13)11-27-20(33)14-5-7-15(8-6-14)30-21-31-18-17(9-10-26-18)19(32-21)28-12-22(23,24)25/h4-10H,2-3,11-12H2,1H3,(H,27,33)(H3,26,28,30,31,32). The zero-order valence-corrected chi connectivity index (χ0v) is 17.8. The molecule has 0 saturated carbocycles. The van der Waals surface area contributed by atoms with Gasteiger partial charge in [0.2, 0.25) is 5.95 Å². The van der Waals surface area contributed by atoms with Crippen LogP contribution in [0.4, 0.5) is 30.6 Å². The molecule has 0 fully saturated rings. The van der Waals surface area contributed by atoms with Gasteiger partial charge in [0.15, 0.2) is 0 Å². The highest BCUT2D eigenvalue weighted by atomic mass is 19.4. The molecule has 2 aromatic heterocycles. The highest BCUT2D eigenvalue weighted by Crippen LogP contribution is 2.25. The van der Waals surface area contributed by atoms with Crippen LogP contribution in [-0.2, 0) is 0 Å². The Hall–Kier alpha value is -3.89. The highest BCUT2D eigenvalue weighted by Gasteiger charge is 2.27. The van der Waals surface area contributed by atoms with Crippen molar-refractivity contribution < 1.29 is 18.0 Å². The van der Waals surface area contributed by atoms with Gasteiger partial charge in [-0.05, 0) is 50.1 Å². The molecule has 1 aliphatic rings. The lowest BCUT2D eigenvalue weighted by molar-refractivity contribution is -0.115. The van der Waals surface area contributed by atoms with E-state index < -0.39 is 12.7 Å². The third kappa shape index (κ3) is 5.88. The number of allylic oxidation sites excluding steroid dienone is 1. The Labute approximate surface area is 187 Å². The second-order valence-corrected chi connectivity index (χ2v) is 7.57. The molecular formula is C22H22F3N7O. The number of rotatable bonds is 7. The number of carbonyl (C=O) groups excluding carboxylic acids is 1. The molecule has 11 heteroatoms. The quantitative estimate of drug-likeness (QED) is 0.417. The molecule has 1 aliphatic heterocycles. The Balaban J connectivity index is 1.42. The number of hydrogen-bond donors (Lipinski definition) is 4.